The number of rotatable bonds is 4. The zero-order valence-electron chi connectivity index (χ0n) is 15.0. The van der Waals surface area contributed by atoms with Gasteiger partial charge in [-0.15, -0.1) is 0 Å². The second-order valence-corrected chi connectivity index (χ2v) is 8.90. The Morgan fingerprint density at radius 3 is 2.36 bits per heavy atom. The van der Waals surface area contributed by atoms with E-state index in [1.165, 1.54) is 24.3 Å². The van der Waals surface area contributed by atoms with Crippen molar-refractivity contribution in [1.29, 1.82) is 0 Å². The molecule has 0 bridgehead atoms. The highest BCUT2D eigenvalue weighted by Crippen LogP contribution is 2.30. The van der Waals surface area contributed by atoms with Gasteiger partial charge in [0.2, 0.25) is 0 Å². The number of piperazine rings is 1. The third kappa shape index (κ3) is 4.26. The van der Waals surface area contributed by atoms with Crippen molar-refractivity contribution in [3.05, 3.63) is 63.2 Å². The van der Waals surface area contributed by atoms with Crippen LogP contribution in [0.25, 0.3) is 0 Å². The molecule has 1 amide bonds. The summed E-state index contributed by atoms with van der Waals surface area (Å²) in [5.74, 6) is -0.236. The first-order valence-corrected chi connectivity index (χ1v) is 10.7. The first kappa shape index (κ1) is 20.1. The number of benzene rings is 2. The van der Waals surface area contributed by atoms with Crippen molar-refractivity contribution in [3.8, 4) is 0 Å². The maximum absolute atomic E-state index is 12.7. The van der Waals surface area contributed by atoms with E-state index in [-0.39, 0.29) is 21.5 Å². The second kappa shape index (κ2) is 7.76. The Morgan fingerprint density at radius 1 is 1.11 bits per heavy atom. The Morgan fingerprint density at radius 2 is 1.79 bits per heavy atom. The largest absolute Gasteiger partial charge is 0.367 e. The van der Waals surface area contributed by atoms with Gasteiger partial charge in [-0.2, -0.15) is 0 Å². The maximum Gasteiger partial charge on any atom is 0.271 e. The van der Waals surface area contributed by atoms with E-state index in [0.717, 1.165) is 6.26 Å². The number of amides is 1. The SMILES string of the molecule is CS(=O)(=O)c1cccc(C(=O)N2CCN(c3ccc([N+](=O)[O-])cc3Cl)CC2)c1. The molecule has 0 saturated carbocycles. The highest BCUT2D eigenvalue weighted by atomic mass is 35.5. The highest BCUT2D eigenvalue weighted by Gasteiger charge is 2.24. The van der Waals surface area contributed by atoms with E-state index < -0.39 is 14.8 Å². The molecule has 8 nitrogen and oxygen atoms in total. The Labute approximate surface area is 167 Å². The van der Waals surface area contributed by atoms with Crippen molar-refractivity contribution >= 4 is 38.7 Å². The Balaban J connectivity index is 1.70. The Kier molecular flexibility index (Phi) is 5.57. The summed E-state index contributed by atoms with van der Waals surface area (Å²) < 4.78 is 23.4. The van der Waals surface area contributed by atoms with Gasteiger partial charge in [0.05, 0.1) is 20.5 Å². The molecule has 0 atom stereocenters. The molecule has 1 heterocycles. The van der Waals surface area contributed by atoms with E-state index in [9.17, 15) is 23.3 Å². The average molecular weight is 424 g/mol. The summed E-state index contributed by atoms with van der Waals surface area (Å²) in [4.78, 5) is 26.8. The van der Waals surface area contributed by atoms with E-state index in [0.29, 0.717) is 37.4 Å². The number of nitro benzene ring substituents is 1. The monoisotopic (exact) mass is 423 g/mol. The van der Waals surface area contributed by atoms with Crippen LogP contribution in [0.5, 0.6) is 0 Å². The van der Waals surface area contributed by atoms with Crippen molar-refractivity contribution < 1.29 is 18.1 Å². The lowest BCUT2D eigenvalue weighted by Crippen LogP contribution is -2.48. The average Bonchev–Trinajstić information content (AvgIpc) is 2.67. The maximum atomic E-state index is 12.7. The molecule has 1 fully saturated rings. The summed E-state index contributed by atoms with van der Waals surface area (Å²) in [7, 11) is -3.39. The summed E-state index contributed by atoms with van der Waals surface area (Å²) in [5, 5.41) is 11.1. The molecular formula is C18H18ClN3O5S. The molecule has 3 rings (SSSR count). The number of carbonyl (C=O) groups is 1. The molecule has 10 heteroatoms. The van der Waals surface area contributed by atoms with E-state index in [2.05, 4.69) is 0 Å². The molecule has 2 aromatic rings. The molecule has 1 aliphatic heterocycles. The van der Waals surface area contributed by atoms with Crippen LogP contribution in [0, 0.1) is 10.1 Å². The fourth-order valence-corrected chi connectivity index (χ4v) is 4.02. The lowest BCUT2D eigenvalue weighted by molar-refractivity contribution is -0.384. The Bertz CT molecular complexity index is 1030. The standard InChI is InChI=1S/C18H18ClN3O5S/c1-28(26,27)15-4-2-3-13(11-15)18(23)21-9-7-20(8-10-21)17-6-5-14(22(24)25)12-16(17)19/h2-6,11-12H,7-10H2,1H3. The number of anilines is 1. The number of nitrogens with zero attached hydrogens (tertiary/aromatic N) is 3. The lowest BCUT2D eigenvalue weighted by Gasteiger charge is -2.36. The van der Waals surface area contributed by atoms with Gasteiger partial charge in [-0.1, -0.05) is 17.7 Å². The van der Waals surface area contributed by atoms with Crippen LogP contribution in [0.15, 0.2) is 47.4 Å². The number of non-ortho nitro benzene ring substituents is 1. The molecular weight excluding hydrogens is 406 g/mol. The van der Waals surface area contributed by atoms with Gasteiger partial charge in [0.1, 0.15) is 0 Å². The van der Waals surface area contributed by atoms with Crippen molar-refractivity contribution in [2.75, 3.05) is 37.3 Å². The quantitative estimate of drug-likeness (QED) is 0.553. The minimum absolute atomic E-state index is 0.0756. The van der Waals surface area contributed by atoms with Gasteiger partial charge in [0, 0.05) is 50.1 Å². The number of hydrogen-bond acceptors (Lipinski definition) is 6. The zero-order valence-corrected chi connectivity index (χ0v) is 16.6. The fourth-order valence-electron chi connectivity index (χ4n) is 3.06. The summed E-state index contributed by atoms with van der Waals surface area (Å²) in [5.41, 5.74) is 0.927. The second-order valence-electron chi connectivity index (χ2n) is 6.47. The zero-order chi connectivity index (χ0) is 20.5. The van der Waals surface area contributed by atoms with E-state index in [1.807, 2.05) is 4.90 Å². The number of hydrogen-bond donors (Lipinski definition) is 0. The molecule has 0 N–H and O–H groups in total. The third-order valence-corrected chi connectivity index (χ3v) is 5.97. The number of nitro groups is 1. The summed E-state index contributed by atoms with van der Waals surface area (Å²) in [6.07, 6.45) is 1.10. The Hall–Kier alpha value is -2.65. The van der Waals surface area contributed by atoms with Crippen molar-refractivity contribution in [2.45, 2.75) is 4.90 Å². The number of carbonyl (C=O) groups excluding carboxylic acids is 1. The molecule has 28 heavy (non-hydrogen) atoms. The smallest absolute Gasteiger partial charge is 0.271 e. The van der Waals surface area contributed by atoms with E-state index in [4.69, 9.17) is 11.6 Å². The number of halogens is 1. The van der Waals surface area contributed by atoms with Gasteiger partial charge < -0.3 is 9.80 Å². The predicted molar refractivity (Wildman–Crippen MR) is 106 cm³/mol. The van der Waals surface area contributed by atoms with Crippen LogP contribution >= 0.6 is 11.6 Å². The van der Waals surface area contributed by atoms with Crippen molar-refractivity contribution in [3.63, 3.8) is 0 Å². The molecule has 1 saturated heterocycles. The molecule has 2 aromatic carbocycles. The van der Waals surface area contributed by atoms with Crippen molar-refractivity contribution in [1.82, 2.24) is 4.90 Å². The molecule has 148 valence electrons. The van der Waals surface area contributed by atoms with Gasteiger partial charge in [-0.3, -0.25) is 14.9 Å². The van der Waals surface area contributed by atoms with Crippen LogP contribution in [0.4, 0.5) is 11.4 Å². The van der Waals surface area contributed by atoms with Gasteiger partial charge in [-0.25, -0.2) is 8.42 Å². The van der Waals surface area contributed by atoms with Crippen LogP contribution in [0.1, 0.15) is 10.4 Å². The van der Waals surface area contributed by atoms with Crippen molar-refractivity contribution in [2.24, 2.45) is 0 Å². The first-order chi connectivity index (χ1) is 13.2. The third-order valence-electron chi connectivity index (χ3n) is 4.56. The van der Waals surface area contributed by atoms with Crippen LogP contribution in [0.3, 0.4) is 0 Å². The minimum Gasteiger partial charge on any atom is -0.367 e. The fraction of sp³-hybridized carbons (Fsp3) is 0.278. The molecule has 0 unspecified atom stereocenters. The topological polar surface area (TPSA) is 101 Å². The van der Waals surface area contributed by atoms with Crippen LogP contribution < -0.4 is 4.90 Å². The number of sulfone groups is 1. The van der Waals surface area contributed by atoms with Crippen LogP contribution in [-0.4, -0.2) is 56.6 Å². The van der Waals surface area contributed by atoms with Gasteiger partial charge in [0.15, 0.2) is 9.84 Å². The predicted octanol–water partition coefficient (Wildman–Crippen LogP) is 2.61. The van der Waals surface area contributed by atoms with Gasteiger partial charge in [0.25, 0.3) is 11.6 Å². The first-order valence-electron chi connectivity index (χ1n) is 8.45. The lowest BCUT2D eigenvalue weighted by atomic mass is 10.1. The highest BCUT2D eigenvalue weighted by molar-refractivity contribution is 7.90. The molecule has 0 radical (unpaired) electrons. The normalized spacial score (nSPS) is 14.8. The van der Waals surface area contributed by atoms with E-state index in [1.54, 1.807) is 23.1 Å². The molecule has 0 aliphatic carbocycles. The minimum atomic E-state index is -3.39. The van der Waals surface area contributed by atoms with E-state index >= 15 is 0 Å². The van der Waals surface area contributed by atoms with Gasteiger partial charge >= 0.3 is 0 Å². The summed E-state index contributed by atoms with van der Waals surface area (Å²) in [6, 6.07) is 10.3. The summed E-state index contributed by atoms with van der Waals surface area (Å²) in [6.45, 7) is 1.87. The molecule has 1 aliphatic rings. The molecule has 0 aromatic heterocycles. The van der Waals surface area contributed by atoms with Gasteiger partial charge in [-0.05, 0) is 24.3 Å². The molecule has 0 spiro atoms. The van der Waals surface area contributed by atoms with Crippen LogP contribution in [-0.2, 0) is 9.84 Å². The summed E-state index contributed by atoms with van der Waals surface area (Å²) >= 11 is 6.18. The van der Waals surface area contributed by atoms with Crippen LogP contribution in [0.2, 0.25) is 5.02 Å².